The Labute approximate surface area is 58.9 Å². The summed E-state index contributed by atoms with van der Waals surface area (Å²) in [6, 6.07) is 0. The van der Waals surface area contributed by atoms with Crippen molar-refractivity contribution in [3.63, 3.8) is 0 Å². The average Bonchev–Trinajstić information content (AvgIpc) is 1.69. The summed E-state index contributed by atoms with van der Waals surface area (Å²) in [5, 5.41) is 0. The van der Waals surface area contributed by atoms with E-state index in [0.29, 0.717) is 0 Å². The van der Waals surface area contributed by atoms with E-state index < -0.39 is 0 Å². The summed E-state index contributed by atoms with van der Waals surface area (Å²) in [5.41, 5.74) is 0. The Bertz CT molecular complexity index is 27.3. The van der Waals surface area contributed by atoms with E-state index in [2.05, 4.69) is 6.92 Å². The topological polar surface area (TPSA) is 9.23 Å². The van der Waals surface area contributed by atoms with Crippen LogP contribution < -0.4 is 0 Å². The Morgan fingerprint density at radius 2 is 2.29 bits per heavy atom. The van der Waals surface area contributed by atoms with Crippen LogP contribution in [0.3, 0.4) is 0 Å². The van der Waals surface area contributed by atoms with Gasteiger partial charge in [0.25, 0.3) is 0 Å². The van der Waals surface area contributed by atoms with Crippen molar-refractivity contribution in [2.45, 2.75) is 19.8 Å². The Morgan fingerprint density at radius 1 is 1.57 bits per heavy atom. The molecule has 0 unspecified atom stereocenters. The van der Waals surface area contributed by atoms with Gasteiger partial charge in [0.2, 0.25) is 0 Å². The Hall–Kier alpha value is 0.778. The second kappa shape index (κ2) is 6.78. The molecule has 0 aromatic carbocycles. The monoisotopic (exact) mass is 210 g/mol. The van der Waals surface area contributed by atoms with Gasteiger partial charge in [-0.15, -0.1) is 0 Å². The molecule has 44 valence electrons. The van der Waals surface area contributed by atoms with Gasteiger partial charge in [-0.3, -0.25) is 0 Å². The van der Waals surface area contributed by atoms with Crippen LogP contribution >= 0.6 is 0 Å². The molecule has 0 spiro atoms. The molecule has 0 aliphatic rings. The zero-order valence-corrected chi connectivity index (χ0v) is 8.11. The molecule has 0 heterocycles. The Kier molecular flexibility index (Phi) is 7.53. The van der Waals surface area contributed by atoms with Crippen LogP contribution in [0.4, 0.5) is 0 Å². The number of unbranched alkanes of at least 4 members (excludes halogenated alkanes) is 1. The zero-order valence-electron chi connectivity index (χ0n) is 4.81. The molecule has 0 aliphatic carbocycles. The molecular weight excluding hydrogens is 198 g/mol. The van der Waals surface area contributed by atoms with Crippen molar-refractivity contribution in [3.05, 3.63) is 0 Å². The first-order valence-corrected chi connectivity index (χ1v) is 5.02. The molecule has 7 heavy (non-hydrogen) atoms. The van der Waals surface area contributed by atoms with Crippen molar-refractivity contribution in [2.75, 3.05) is 11.2 Å². The van der Waals surface area contributed by atoms with Crippen molar-refractivity contribution < 1.29 is 4.74 Å². The molecule has 0 fully saturated rings. The van der Waals surface area contributed by atoms with E-state index in [1.54, 1.807) is 0 Å². The molecular formula is C5H13OSb. The maximum absolute atomic E-state index is 5.13. The van der Waals surface area contributed by atoms with Gasteiger partial charge in [-0.05, 0) is 0 Å². The van der Waals surface area contributed by atoms with Gasteiger partial charge in [-0.2, -0.15) is 0 Å². The molecule has 0 N–H and O–H groups in total. The van der Waals surface area contributed by atoms with Crippen LogP contribution in [0.1, 0.15) is 19.8 Å². The summed E-state index contributed by atoms with van der Waals surface area (Å²) < 4.78 is 6.12. The van der Waals surface area contributed by atoms with Crippen molar-refractivity contribution >= 4 is 23.0 Å². The van der Waals surface area contributed by atoms with Crippen LogP contribution in [0.5, 0.6) is 0 Å². The molecule has 2 heteroatoms. The van der Waals surface area contributed by atoms with E-state index in [1.165, 1.54) is 35.9 Å². The minimum atomic E-state index is 0.970. The molecule has 0 saturated carbocycles. The first-order chi connectivity index (χ1) is 3.41. The van der Waals surface area contributed by atoms with E-state index in [0.717, 1.165) is 11.2 Å². The van der Waals surface area contributed by atoms with Crippen LogP contribution in [0, 0.1) is 0 Å². The zero-order chi connectivity index (χ0) is 5.54. The third-order valence-electron chi connectivity index (χ3n) is 0.760. The molecule has 0 aromatic rings. The summed E-state index contributed by atoms with van der Waals surface area (Å²) in [5.74, 6) is 0. The average molecular weight is 211 g/mol. The van der Waals surface area contributed by atoms with Crippen LogP contribution in [-0.2, 0) is 4.74 Å². The van der Waals surface area contributed by atoms with E-state index in [1.807, 2.05) is 0 Å². The molecule has 0 radical (unpaired) electrons. The molecule has 0 atom stereocenters. The molecule has 0 amide bonds. The number of hydrogen-bond donors (Lipinski definition) is 0. The van der Waals surface area contributed by atoms with Crippen molar-refractivity contribution in [1.82, 2.24) is 0 Å². The summed E-state index contributed by atoms with van der Waals surface area (Å²) >= 11 is 1.24. The standard InChI is InChI=1S/C5H11O.Sb.2H/c1-3-4-5-6-2;;;/h2-5H2,1H3;;;. The molecule has 0 bridgehead atoms. The number of rotatable bonds is 4. The summed E-state index contributed by atoms with van der Waals surface area (Å²) in [6.07, 6.45) is 2.47. The van der Waals surface area contributed by atoms with Crippen molar-refractivity contribution in [3.8, 4) is 0 Å². The molecule has 0 saturated heterocycles. The Balaban J connectivity index is 2.45. The third kappa shape index (κ3) is 6.78. The van der Waals surface area contributed by atoms with Crippen molar-refractivity contribution in [2.24, 2.45) is 0 Å². The first kappa shape index (κ1) is 7.78. The van der Waals surface area contributed by atoms with Gasteiger partial charge in [0.1, 0.15) is 0 Å². The Morgan fingerprint density at radius 3 is 2.71 bits per heavy atom. The fraction of sp³-hybridized carbons (Fsp3) is 1.00. The van der Waals surface area contributed by atoms with Gasteiger partial charge in [-0.25, -0.2) is 0 Å². The molecule has 1 nitrogen and oxygen atoms in total. The van der Waals surface area contributed by atoms with Crippen LogP contribution in [0.25, 0.3) is 0 Å². The third-order valence-corrected chi connectivity index (χ3v) is 1.43. The fourth-order valence-corrected chi connectivity index (χ4v) is 0.805. The van der Waals surface area contributed by atoms with E-state index in [9.17, 15) is 0 Å². The van der Waals surface area contributed by atoms with Crippen LogP contribution in [-0.4, -0.2) is 34.2 Å². The van der Waals surface area contributed by atoms with Gasteiger partial charge < -0.3 is 0 Å². The first-order valence-electron chi connectivity index (χ1n) is 2.69. The van der Waals surface area contributed by atoms with Gasteiger partial charge >= 0.3 is 58.7 Å². The van der Waals surface area contributed by atoms with Gasteiger partial charge in [0, 0.05) is 0 Å². The van der Waals surface area contributed by atoms with E-state index >= 15 is 0 Å². The minimum absolute atomic E-state index is 0.970. The normalized spacial score (nSPS) is 9.43. The van der Waals surface area contributed by atoms with Crippen LogP contribution in [0.2, 0.25) is 0 Å². The number of ether oxygens (including phenoxy) is 1. The summed E-state index contributed by atoms with van der Waals surface area (Å²) in [6.45, 7) is 3.15. The summed E-state index contributed by atoms with van der Waals surface area (Å²) in [4.78, 5) is 0. The van der Waals surface area contributed by atoms with Gasteiger partial charge in [-0.1, -0.05) is 0 Å². The predicted molar refractivity (Wildman–Crippen MR) is 34.3 cm³/mol. The molecule has 0 aliphatic heterocycles. The fourth-order valence-electron chi connectivity index (χ4n) is 0.330. The second-order valence-corrected chi connectivity index (χ2v) is 2.38. The number of hydrogen-bond acceptors (Lipinski definition) is 1. The van der Waals surface area contributed by atoms with Gasteiger partial charge in [0.05, 0.1) is 0 Å². The van der Waals surface area contributed by atoms with Gasteiger partial charge in [0.15, 0.2) is 0 Å². The SMILES string of the molecule is CCCCO[CH2][SbH2]. The summed E-state index contributed by atoms with van der Waals surface area (Å²) in [7, 11) is 0. The van der Waals surface area contributed by atoms with Crippen molar-refractivity contribution in [1.29, 1.82) is 0 Å². The molecule has 0 aromatic heterocycles. The molecule has 0 rings (SSSR count). The van der Waals surface area contributed by atoms with Crippen LogP contribution in [0.15, 0.2) is 0 Å². The quantitative estimate of drug-likeness (QED) is 0.482. The van der Waals surface area contributed by atoms with E-state index in [4.69, 9.17) is 4.74 Å². The second-order valence-electron chi connectivity index (χ2n) is 1.43. The van der Waals surface area contributed by atoms with E-state index in [-0.39, 0.29) is 0 Å². The maximum atomic E-state index is 5.13. The predicted octanol–water partition coefficient (Wildman–Crippen LogP) is 0.394.